The highest BCUT2D eigenvalue weighted by molar-refractivity contribution is 7.91. The van der Waals surface area contributed by atoms with Crippen molar-refractivity contribution in [2.75, 3.05) is 11.9 Å². The quantitative estimate of drug-likeness (QED) is 0.250. The van der Waals surface area contributed by atoms with Gasteiger partial charge in [0.15, 0.2) is 9.79 Å². The van der Waals surface area contributed by atoms with E-state index in [4.69, 9.17) is 28.3 Å². The van der Waals surface area contributed by atoms with Crippen molar-refractivity contribution in [3.63, 3.8) is 0 Å². The fourth-order valence-electron chi connectivity index (χ4n) is 3.82. The van der Waals surface area contributed by atoms with Crippen LogP contribution in [-0.2, 0) is 25.7 Å². The number of nitrogens with zero attached hydrogens (tertiary/aromatic N) is 2. The first kappa shape index (κ1) is 27.2. The largest absolute Gasteiger partial charge is 0.606 e. The fraction of sp³-hybridized carbons (Fsp3) is 0.286. The van der Waals surface area contributed by atoms with Gasteiger partial charge < -0.3 is 15.0 Å². The van der Waals surface area contributed by atoms with E-state index < -0.39 is 39.3 Å². The topological polar surface area (TPSA) is 168 Å². The van der Waals surface area contributed by atoms with Gasteiger partial charge in [0, 0.05) is 46.5 Å². The maximum atomic E-state index is 13.3. The molecule has 10 nitrogen and oxygen atoms in total. The van der Waals surface area contributed by atoms with Gasteiger partial charge in [0.05, 0.1) is 23.2 Å². The summed E-state index contributed by atoms with van der Waals surface area (Å²) in [5.74, 6) is -0.656. The second-order valence-corrected chi connectivity index (χ2v) is 12.8. The molecule has 0 bridgehead atoms. The monoisotopic (exact) mass is 590 g/mol. The first-order valence-electron chi connectivity index (χ1n) is 10.4. The third-order valence-electron chi connectivity index (χ3n) is 5.49. The third kappa shape index (κ3) is 6.54. The number of aromatic nitrogens is 2. The maximum absolute atomic E-state index is 13.3. The average Bonchev–Trinajstić information content (AvgIpc) is 3.38. The molecule has 1 aliphatic rings. The van der Waals surface area contributed by atoms with E-state index in [1.54, 1.807) is 24.3 Å². The summed E-state index contributed by atoms with van der Waals surface area (Å²) >= 11 is 11.7. The summed E-state index contributed by atoms with van der Waals surface area (Å²) in [5, 5.41) is 18.7. The van der Waals surface area contributed by atoms with Gasteiger partial charge in [-0.25, -0.2) is 15.1 Å². The number of aliphatic hydroxyl groups is 1. The molecule has 1 saturated carbocycles. The molecule has 2 aromatic heterocycles. The van der Waals surface area contributed by atoms with Crippen molar-refractivity contribution in [3.05, 3.63) is 62.7 Å². The van der Waals surface area contributed by atoms with Crippen LogP contribution in [0.25, 0.3) is 0 Å². The molecule has 2 heterocycles. The maximum Gasteiger partial charge on any atom is 0.333 e. The lowest BCUT2D eigenvalue weighted by Crippen LogP contribution is -2.24. The second-order valence-electron chi connectivity index (χ2n) is 8.01. The van der Waals surface area contributed by atoms with Gasteiger partial charge in [-0.3, -0.25) is 8.98 Å². The number of hydrogen-bond donors (Lipinski definition) is 3. The number of hydrogen-bond acceptors (Lipinski definition) is 10. The summed E-state index contributed by atoms with van der Waals surface area (Å²) in [4.78, 5) is 22.4. The molecule has 4 rings (SSSR count). The second kappa shape index (κ2) is 11.3. The lowest BCUT2D eigenvalue weighted by molar-refractivity contribution is 0.101. The molecule has 36 heavy (non-hydrogen) atoms. The summed E-state index contributed by atoms with van der Waals surface area (Å²) in [7, 11) is -4.12. The minimum Gasteiger partial charge on any atom is -0.606 e. The smallest absolute Gasteiger partial charge is 0.333 e. The van der Waals surface area contributed by atoms with Crippen LogP contribution in [0.4, 0.5) is 5.82 Å². The molecule has 192 valence electrons. The fourth-order valence-corrected chi connectivity index (χ4v) is 7.17. The van der Waals surface area contributed by atoms with Crippen LogP contribution in [0, 0.1) is 5.92 Å². The van der Waals surface area contributed by atoms with Crippen molar-refractivity contribution in [1.82, 2.24) is 9.97 Å². The van der Waals surface area contributed by atoms with Crippen LogP contribution in [0.15, 0.2) is 52.6 Å². The average molecular weight is 592 g/mol. The Morgan fingerprint density at radius 2 is 2.11 bits per heavy atom. The zero-order valence-electron chi connectivity index (χ0n) is 18.3. The van der Waals surface area contributed by atoms with E-state index in [1.807, 2.05) is 0 Å². The summed E-state index contributed by atoms with van der Waals surface area (Å²) in [6.45, 7) is -0.256. The van der Waals surface area contributed by atoms with Crippen molar-refractivity contribution in [1.29, 1.82) is 0 Å². The van der Waals surface area contributed by atoms with Crippen LogP contribution in [0.2, 0.25) is 9.36 Å². The van der Waals surface area contributed by atoms with Crippen LogP contribution in [0.5, 0.6) is 0 Å². The molecule has 0 amide bonds. The Kier molecular flexibility index (Phi) is 8.54. The predicted octanol–water partition coefficient (Wildman–Crippen LogP) is 3.01. The Hall–Kier alpha value is -1.81. The number of carbonyl (C=O) groups excluding carboxylic acids is 1. The van der Waals surface area contributed by atoms with Gasteiger partial charge in [0.25, 0.3) is 0 Å². The Morgan fingerprint density at radius 3 is 2.83 bits per heavy atom. The van der Waals surface area contributed by atoms with Gasteiger partial charge in [0.1, 0.15) is 16.5 Å². The van der Waals surface area contributed by atoms with Crippen LogP contribution >= 0.6 is 34.5 Å². The zero-order chi connectivity index (χ0) is 26.0. The van der Waals surface area contributed by atoms with Gasteiger partial charge in [0.2, 0.25) is 5.78 Å². The predicted molar refractivity (Wildman–Crippen MR) is 136 cm³/mol. The van der Waals surface area contributed by atoms with Crippen molar-refractivity contribution in [3.8, 4) is 0 Å². The molecular weight excluding hydrogens is 571 g/mol. The van der Waals surface area contributed by atoms with Crippen molar-refractivity contribution >= 4 is 67.6 Å². The van der Waals surface area contributed by atoms with Gasteiger partial charge >= 0.3 is 10.3 Å². The number of nitrogens with two attached hydrogens (primary N) is 1. The van der Waals surface area contributed by atoms with Crippen molar-refractivity contribution < 1.29 is 27.1 Å². The van der Waals surface area contributed by atoms with Gasteiger partial charge in [-0.15, -0.1) is 11.3 Å². The van der Waals surface area contributed by atoms with E-state index in [0.717, 1.165) is 11.3 Å². The third-order valence-corrected chi connectivity index (χ3v) is 9.19. The highest BCUT2D eigenvalue weighted by atomic mass is 35.5. The van der Waals surface area contributed by atoms with Crippen LogP contribution in [0.1, 0.15) is 28.1 Å². The minimum absolute atomic E-state index is 0.161. The molecule has 0 saturated heterocycles. The number of halogens is 2. The summed E-state index contributed by atoms with van der Waals surface area (Å²) in [6.07, 6.45) is 2.44. The number of anilines is 1. The Balaban J connectivity index is 1.51. The SMILES string of the molecule is NS(=O)(=O)OC[C@H]1C[C@@H](Nc2ncncc2C(=O)c2cc([S@+]([O-])c3cccc(Cl)c3)c(Cl)s2)C[C@@H]1O. The van der Waals surface area contributed by atoms with Crippen molar-refractivity contribution in [2.45, 2.75) is 34.8 Å². The zero-order valence-corrected chi connectivity index (χ0v) is 22.3. The molecule has 4 N–H and O–H groups in total. The van der Waals surface area contributed by atoms with E-state index in [2.05, 4.69) is 19.5 Å². The van der Waals surface area contributed by atoms with E-state index in [9.17, 15) is 22.9 Å². The first-order valence-corrected chi connectivity index (χ1v) is 14.6. The van der Waals surface area contributed by atoms with Crippen molar-refractivity contribution in [2.24, 2.45) is 11.1 Å². The van der Waals surface area contributed by atoms with Crippen LogP contribution in [-0.4, -0.2) is 52.6 Å². The molecular formula is C21H20Cl2N4O6S3. The number of ketones is 1. The van der Waals surface area contributed by atoms with E-state index in [-0.39, 0.29) is 44.6 Å². The summed E-state index contributed by atoms with van der Waals surface area (Å²) < 4.78 is 39.9. The molecule has 0 aliphatic heterocycles. The Labute approximate surface area is 224 Å². The molecule has 15 heteroatoms. The number of carbonyl (C=O) groups is 1. The minimum atomic E-state index is -4.12. The molecule has 1 aromatic carbocycles. The van der Waals surface area contributed by atoms with E-state index >= 15 is 0 Å². The highest BCUT2D eigenvalue weighted by Gasteiger charge is 2.35. The molecule has 0 unspecified atom stereocenters. The number of nitrogens with one attached hydrogen (secondary N) is 1. The molecule has 4 atom stereocenters. The number of rotatable bonds is 9. The summed E-state index contributed by atoms with van der Waals surface area (Å²) in [6, 6.07) is 7.72. The molecule has 0 spiro atoms. The van der Waals surface area contributed by atoms with E-state index in [0.29, 0.717) is 16.3 Å². The molecule has 1 fully saturated rings. The van der Waals surface area contributed by atoms with E-state index in [1.165, 1.54) is 18.6 Å². The lowest BCUT2D eigenvalue weighted by atomic mass is 10.1. The Morgan fingerprint density at radius 1 is 1.33 bits per heavy atom. The number of benzene rings is 1. The summed E-state index contributed by atoms with van der Waals surface area (Å²) in [5.41, 5.74) is 0.161. The van der Waals surface area contributed by atoms with Gasteiger partial charge in [-0.1, -0.05) is 29.3 Å². The number of thiophene rings is 1. The number of aliphatic hydroxyl groups excluding tert-OH is 1. The molecule has 0 radical (unpaired) electrons. The highest BCUT2D eigenvalue weighted by Crippen LogP contribution is 2.37. The van der Waals surface area contributed by atoms with Crippen LogP contribution < -0.4 is 10.5 Å². The Bertz CT molecular complexity index is 1370. The molecule has 3 aromatic rings. The van der Waals surface area contributed by atoms with Gasteiger partial charge in [-0.05, 0) is 25.0 Å². The normalized spacial score (nSPS) is 20.9. The molecule has 1 aliphatic carbocycles. The lowest BCUT2D eigenvalue weighted by Gasteiger charge is -2.15. The van der Waals surface area contributed by atoms with Crippen LogP contribution in [0.3, 0.4) is 0 Å². The standard InChI is InChI=1S/C21H20Cl2N4O6S3/c22-12-2-1-3-14(5-12)35(30)18-7-17(34-20(18)23)19(29)15-8-25-10-26-21(15)27-13-4-11(16(28)6-13)9-33-36(24,31)32/h1-3,5,7-8,10-11,13,16,28H,4,6,9H2,(H2,24,31,32)(H,25,26,27)/t11-,13-,16+,35-/m1/s1. The van der Waals surface area contributed by atoms with Gasteiger partial charge in [-0.2, -0.15) is 8.42 Å². The first-order chi connectivity index (χ1) is 17.0.